The Hall–Kier alpha value is -2.16. The maximum Gasteiger partial charge on any atom is 0.225 e. The van der Waals surface area contributed by atoms with Crippen molar-refractivity contribution in [2.75, 3.05) is 25.0 Å². The van der Waals surface area contributed by atoms with E-state index in [1.165, 1.54) is 6.07 Å². The first-order valence-corrected chi connectivity index (χ1v) is 9.31. The summed E-state index contributed by atoms with van der Waals surface area (Å²) in [6, 6.07) is 14.6. The quantitative estimate of drug-likeness (QED) is 0.325. The van der Waals surface area contributed by atoms with Crippen LogP contribution < -0.4 is 16.0 Å². The van der Waals surface area contributed by atoms with Gasteiger partial charge in [-0.2, -0.15) is 0 Å². The van der Waals surface area contributed by atoms with Crippen LogP contribution in [0.25, 0.3) is 0 Å². The van der Waals surface area contributed by atoms with Crippen molar-refractivity contribution >= 4 is 41.5 Å². The summed E-state index contributed by atoms with van der Waals surface area (Å²) in [6.07, 6.45) is 1.00. The van der Waals surface area contributed by atoms with Crippen LogP contribution >= 0.6 is 24.0 Å². The summed E-state index contributed by atoms with van der Waals surface area (Å²) in [6.45, 7) is 3.82. The molecule has 0 bridgehead atoms. The Balaban J connectivity index is 0.00000280. The molecule has 7 heteroatoms. The predicted octanol–water partition coefficient (Wildman–Crippen LogP) is 3.67. The third kappa shape index (κ3) is 5.92. The van der Waals surface area contributed by atoms with Crippen molar-refractivity contribution in [3.05, 3.63) is 65.5 Å². The van der Waals surface area contributed by atoms with Crippen LogP contribution in [-0.4, -0.2) is 31.5 Å². The molecular formula is C21H26FIN4O. The Morgan fingerprint density at radius 3 is 2.71 bits per heavy atom. The van der Waals surface area contributed by atoms with Crippen molar-refractivity contribution in [1.82, 2.24) is 10.6 Å². The standard InChI is InChI=1S/C21H25FN4O.HI/c1-2-23-21(24-12-11-15-7-3-5-9-18(15)22)25-14-16-13-20(27)26-19-10-6-4-8-17(16)19;/h3-10,16H,2,11-14H2,1H3,(H,26,27)(H2,23,24,25);1H. The minimum atomic E-state index is -0.189. The van der Waals surface area contributed by atoms with Gasteiger partial charge in [-0.3, -0.25) is 9.79 Å². The molecule has 0 spiro atoms. The van der Waals surface area contributed by atoms with Crippen LogP contribution in [0.3, 0.4) is 0 Å². The van der Waals surface area contributed by atoms with Crippen LogP contribution in [0.15, 0.2) is 53.5 Å². The summed E-state index contributed by atoms with van der Waals surface area (Å²) in [5.74, 6) is 0.562. The topological polar surface area (TPSA) is 65.5 Å². The minimum Gasteiger partial charge on any atom is -0.357 e. The molecule has 1 atom stereocenters. The number of benzene rings is 2. The SMILES string of the molecule is CCNC(=NCC1CC(=O)Nc2ccccc21)NCCc1ccccc1F.I. The Morgan fingerprint density at radius 2 is 1.93 bits per heavy atom. The molecule has 1 heterocycles. The average molecular weight is 496 g/mol. The molecule has 0 saturated heterocycles. The van der Waals surface area contributed by atoms with Gasteiger partial charge < -0.3 is 16.0 Å². The van der Waals surface area contributed by atoms with Gasteiger partial charge >= 0.3 is 0 Å². The fourth-order valence-electron chi connectivity index (χ4n) is 3.22. The van der Waals surface area contributed by atoms with E-state index in [0.717, 1.165) is 17.8 Å². The summed E-state index contributed by atoms with van der Waals surface area (Å²) in [7, 11) is 0. The molecule has 0 aliphatic carbocycles. The summed E-state index contributed by atoms with van der Waals surface area (Å²) in [4.78, 5) is 16.6. The zero-order valence-corrected chi connectivity index (χ0v) is 18.2. The molecule has 150 valence electrons. The summed E-state index contributed by atoms with van der Waals surface area (Å²) >= 11 is 0. The summed E-state index contributed by atoms with van der Waals surface area (Å²) in [5.41, 5.74) is 2.66. The van der Waals surface area contributed by atoms with E-state index >= 15 is 0 Å². The van der Waals surface area contributed by atoms with Crippen molar-refractivity contribution in [1.29, 1.82) is 0 Å². The van der Waals surface area contributed by atoms with Crippen molar-refractivity contribution < 1.29 is 9.18 Å². The molecule has 5 nitrogen and oxygen atoms in total. The summed E-state index contributed by atoms with van der Waals surface area (Å²) in [5, 5.41) is 9.35. The Bertz CT molecular complexity index is 828. The average Bonchev–Trinajstić information content (AvgIpc) is 2.67. The molecule has 1 unspecified atom stereocenters. The van der Waals surface area contributed by atoms with Gasteiger partial charge in [-0.1, -0.05) is 36.4 Å². The van der Waals surface area contributed by atoms with E-state index in [9.17, 15) is 9.18 Å². The van der Waals surface area contributed by atoms with Gasteiger partial charge in [0, 0.05) is 31.1 Å². The van der Waals surface area contributed by atoms with E-state index in [4.69, 9.17) is 0 Å². The van der Waals surface area contributed by atoms with Crippen LogP contribution in [-0.2, 0) is 11.2 Å². The lowest BCUT2D eigenvalue weighted by molar-refractivity contribution is -0.116. The van der Waals surface area contributed by atoms with E-state index in [1.54, 1.807) is 12.1 Å². The number of carbonyl (C=O) groups excluding carboxylic acids is 1. The first kappa shape index (κ1) is 22.1. The first-order valence-electron chi connectivity index (χ1n) is 9.31. The van der Waals surface area contributed by atoms with E-state index in [1.807, 2.05) is 37.3 Å². The molecule has 2 aromatic rings. The highest BCUT2D eigenvalue weighted by atomic mass is 127. The van der Waals surface area contributed by atoms with E-state index < -0.39 is 0 Å². The first-order chi connectivity index (χ1) is 13.2. The number of carbonyl (C=O) groups is 1. The third-order valence-electron chi connectivity index (χ3n) is 4.57. The van der Waals surface area contributed by atoms with Crippen LogP contribution in [0.4, 0.5) is 10.1 Å². The van der Waals surface area contributed by atoms with Crippen molar-refractivity contribution in [3.63, 3.8) is 0 Å². The van der Waals surface area contributed by atoms with Crippen molar-refractivity contribution in [2.45, 2.75) is 25.7 Å². The number of para-hydroxylation sites is 1. The largest absolute Gasteiger partial charge is 0.357 e. The lowest BCUT2D eigenvalue weighted by Gasteiger charge is -2.24. The van der Waals surface area contributed by atoms with Gasteiger partial charge in [-0.05, 0) is 36.6 Å². The molecule has 0 aromatic heterocycles. The molecule has 0 fully saturated rings. The maximum absolute atomic E-state index is 13.7. The number of amides is 1. The van der Waals surface area contributed by atoms with Gasteiger partial charge in [-0.25, -0.2) is 4.39 Å². The molecule has 0 radical (unpaired) electrons. The lowest BCUT2D eigenvalue weighted by atomic mass is 9.91. The van der Waals surface area contributed by atoms with E-state index in [0.29, 0.717) is 37.5 Å². The Labute approximate surface area is 182 Å². The number of fused-ring (bicyclic) bond motifs is 1. The lowest BCUT2D eigenvalue weighted by Crippen LogP contribution is -2.39. The second-order valence-corrected chi connectivity index (χ2v) is 6.52. The molecule has 28 heavy (non-hydrogen) atoms. The molecule has 1 aliphatic rings. The smallest absolute Gasteiger partial charge is 0.225 e. The van der Waals surface area contributed by atoms with Gasteiger partial charge in [-0.15, -0.1) is 24.0 Å². The Kier molecular flexibility index (Phi) is 8.69. The second kappa shape index (κ2) is 11.0. The molecule has 1 aliphatic heterocycles. The van der Waals surface area contributed by atoms with Gasteiger partial charge in [0.25, 0.3) is 0 Å². The van der Waals surface area contributed by atoms with Crippen LogP contribution in [0.2, 0.25) is 0 Å². The number of guanidine groups is 1. The van der Waals surface area contributed by atoms with Gasteiger partial charge in [0.05, 0.1) is 6.54 Å². The third-order valence-corrected chi connectivity index (χ3v) is 4.57. The number of halogens is 2. The second-order valence-electron chi connectivity index (χ2n) is 6.52. The number of anilines is 1. The van der Waals surface area contributed by atoms with Crippen LogP contribution in [0, 0.1) is 5.82 Å². The maximum atomic E-state index is 13.7. The van der Waals surface area contributed by atoms with Crippen LogP contribution in [0.1, 0.15) is 30.4 Å². The fraction of sp³-hybridized carbons (Fsp3) is 0.333. The zero-order valence-electron chi connectivity index (χ0n) is 15.9. The number of rotatable bonds is 6. The van der Waals surface area contributed by atoms with Crippen LogP contribution in [0.5, 0.6) is 0 Å². The Morgan fingerprint density at radius 1 is 1.18 bits per heavy atom. The molecule has 2 aromatic carbocycles. The van der Waals surface area contributed by atoms with Gasteiger partial charge in [0.2, 0.25) is 5.91 Å². The molecule has 3 N–H and O–H groups in total. The summed E-state index contributed by atoms with van der Waals surface area (Å²) < 4.78 is 13.7. The number of nitrogens with one attached hydrogen (secondary N) is 3. The van der Waals surface area contributed by atoms with Crippen molar-refractivity contribution in [2.24, 2.45) is 4.99 Å². The zero-order chi connectivity index (χ0) is 19.1. The molecule has 3 rings (SSSR count). The monoisotopic (exact) mass is 496 g/mol. The highest BCUT2D eigenvalue weighted by molar-refractivity contribution is 14.0. The fourth-order valence-corrected chi connectivity index (χ4v) is 3.22. The number of nitrogens with zero attached hydrogens (tertiary/aromatic N) is 1. The van der Waals surface area contributed by atoms with Gasteiger partial charge in [0.1, 0.15) is 5.82 Å². The predicted molar refractivity (Wildman–Crippen MR) is 122 cm³/mol. The van der Waals surface area contributed by atoms with E-state index in [-0.39, 0.29) is 41.6 Å². The van der Waals surface area contributed by atoms with E-state index in [2.05, 4.69) is 20.9 Å². The molecule has 0 saturated carbocycles. The number of hydrogen-bond donors (Lipinski definition) is 3. The number of hydrogen-bond acceptors (Lipinski definition) is 2. The molecule has 1 amide bonds. The highest BCUT2D eigenvalue weighted by Gasteiger charge is 2.24. The molecular weight excluding hydrogens is 470 g/mol. The van der Waals surface area contributed by atoms with Crippen molar-refractivity contribution in [3.8, 4) is 0 Å². The highest BCUT2D eigenvalue weighted by Crippen LogP contribution is 2.31. The normalized spacial score (nSPS) is 15.9. The van der Waals surface area contributed by atoms with Gasteiger partial charge in [0.15, 0.2) is 5.96 Å². The number of aliphatic imine (C=N–C) groups is 1. The minimum absolute atomic E-state index is 0.